The molecule has 0 bridgehead atoms. The molecule has 0 aromatic heterocycles. The molecule has 0 saturated carbocycles. The largest absolute Gasteiger partial charge is 0.494 e. The average molecular weight is 368 g/mol. The summed E-state index contributed by atoms with van der Waals surface area (Å²) >= 11 is 6.17. The standard InChI is InChI=1S/C22H22ClNO2/c1-2-25-20-12-10-19(11-13-20)24-15-17-6-5-8-21(14-17)26-16-18-7-3-4-9-22(18)23/h3-14,24H,2,15-16H2,1H3. The Morgan fingerprint density at radius 2 is 1.65 bits per heavy atom. The van der Waals surface area contributed by atoms with Crippen molar-refractivity contribution in [3.63, 3.8) is 0 Å². The van der Waals surface area contributed by atoms with Gasteiger partial charge in [-0.1, -0.05) is 41.9 Å². The molecule has 0 fully saturated rings. The first-order chi connectivity index (χ1) is 12.7. The molecule has 0 unspecified atom stereocenters. The van der Waals surface area contributed by atoms with Crippen molar-refractivity contribution >= 4 is 17.3 Å². The summed E-state index contributed by atoms with van der Waals surface area (Å²) in [6, 6.07) is 23.8. The fourth-order valence-electron chi connectivity index (χ4n) is 2.56. The lowest BCUT2D eigenvalue weighted by Crippen LogP contribution is -2.01. The van der Waals surface area contributed by atoms with Gasteiger partial charge in [-0.2, -0.15) is 0 Å². The summed E-state index contributed by atoms with van der Waals surface area (Å²) in [6.45, 7) is 3.83. The minimum absolute atomic E-state index is 0.454. The number of rotatable bonds is 8. The van der Waals surface area contributed by atoms with Crippen molar-refractivity contribution in [1.82, 2.24) is 0 Å². The molecular weight excluding hydrogens is 346 g/mol. The van der Waals surface area contributed by atoms with Crippen molar-refractivity contribution in [3.05, 3.63) is 88.9 Å². The van der Waals surface area contributed by atoms with Crippen molar-refractivity contribution in [2.45, 2.75) is 20.1 Å². The highest BCUT2D eigenvalue weighted by Gasteiger charge is 2.02. The van der Waals surface area contributed by atoms with Gasteiger partial charge in [-0.15, -0.1) is 0 Å². The Labute approximate surface area is 159 Å². The van der Waals surface area contributed by atoms with E-state index in [9.17, 15) is 0 Å². The Kier molecular flexibility index (Phi) is 6.39. The first kappa shape index (κ1) is 18.2. The topological polar surface area (TPSA) is 30.5 Å². The number of nitrogens with one attached hydrogen (secondary N) is 1. The Hall–Kier alpha value is -2.65. The highest BCUT2D eigenvalue weighted by Crippen LogP contribution is 2.21. The van der Waals surface area contributed by atoms with E-state index < -0.39 is 0 Å². The van der Waals surface area contributed by atoms with Gasteiger partial charge in [0.2, 0.25) is 0 Å². The molecule has 0 aliphatic heterocycles. The van der Waals surface area contributed by atoms with E-state index in [1.807, 2.05) is 73.7 Å². The lowest BCUT2D eigenvalue weighted by atomic mass is 10.2. The van der Waals surface area contributed by atoms with Crippen LogP contribution < -0.4 is 14.8 Å². The Morgan fingerprint density at radius 1 is 0.846 bits per heavy atom. The summed E-state index contributed by atoms with van der Waals surface area (Å²) in [7, 11) is 0. The number of anilines is 1. The summed E-state index contributed by atoms with van der Waals surface area (Å²) in [6.07, 6.45) is 0. The molecule has 4 heteroatoms. The van der Waals surface area contributed by atoms with Gasteiger partial charge >= 0.3 is 0 Å². The molecule has 3 nitrogen and oxygen atoms in total. The second-order valence-electron chi connectivity index (χ2n) is 5.84. The fourth-order valence-corrected chi connectivity index (χ4v) is 2.75. The quantitative estimate of drug-likeness (QED) is 0.535. The number of hydrogen-bond donors (Lipinski definition) is 1. The highest BCUT2D eigenvalue weighted by atomic mass is 35.5. The summed E-state index contributed by atoms with van der Waals surface area (Å²) in [4.78, 5) is 0. The van der Waals surface area contributed by atoms with Gasteiger partial charge in [0.15, 0.2) is 0 Å². The zero-order valence-corrected chi connectivity index (χ0v) is 15.5. The molecule has 3 rings (SSSR count). The zero-order chi connectivity index (χ0) is 18.2. The summed E-state index contributed by atoms with van der Waals surface area (Å²) in [5.41, 5.74) is 3.18. The molecule has 0 saturated heterocycles. The molecule has 0 spiro atoms. The Balaban J connectivity index is 1.56. The Morgan fingerprint density at radius 3 is 2.42 bits per heavy atom. The third-order valence-electron chi connectivity index (χ3n) is 3.91. The van der Waals surface area contributed by atoms with Crippen LogP contribution in [0.5, 0.6) is 11.5 Å². The summed E-state index contributed by atoms with van der Waals surface area (Å²) in [5, 5.41) is 4.13. The van der Waals surface area contributed by atoms with E-state index in [-0.39, 0.29) is 0 Å². The Bertz CT molecular complexity index is 834. The molecule has 3 aromatic rings. The van der Waals surface area contributed by atoms with Gasteiger partial charge < -0.3 is 14.8 Å². The maximum atomic E-state index is 6.17. The van der Waals surface area contributed by atoms with Gasteiger partial charge in [0.1, 0.15) is 18.1 Å². The van der Waals surface area contributed by atoms with E-state index in [1.165, 1.54) is 0 Å². The molecule has 0 heterocycles. The molecule has 3 aromatic carbocycles. The minimum atomic E-state index is 0.454. The monoisotopic (exact) mass is 367 g/mol. The predicted molar refractivity (Wildman–Crippen MR) is 107 cm³/mol. The third kappa shape index (κ3) is 5.17. The molecule has 26 heavy (non-hydrogen) atoms. The van der Waals surface area contributed by atoms with E-state index in [2.05, 4.69) is 11.4 Å². The predicted octanol–water partition coefficient (Wildman–Crippen LogP) is 5.93. The molecule has 0 atom stereocenters. The maximum absolute atomic E-state index is 6.17. The molecule has 1 N–H and O–H groups in total. The van der Waals surface area contributed by atoms with Crippen LogP contribution in [0.15, 0.2) is 72.8 Å². The van der Waals surface area contributed by atoms with Gasteiger partial charge in [0, 0.05) is 22.8 Å². The molecule has 134 valence electrons. The minimum Gasteiger partial charge on any atom is -0.494 e. The maximum Gasteiger partial charge on any atom is 0.120 e. The van der Waals surface area contributed by atoms with E-state index in [0.717, 1.165) is 39.9 Å². The second-order valence-corrected chi connectivity index (χ2v) is 6.25. The highest BCUT2D eigenvalue weighted by molar-refractivity contribution is 6.31. The van der Waals surface area contributed by atoms with Crippen molar-refractivity contribution in [2.75, 3.05) is 11.9 Å². The van der Waals surface area contributed by atoms with Gasteiger partial charge in [-0.25, -0.2) is 0 Å². The zero-order valence-electron chi connectivity index (χ0n) is 14.7. The van der Waals surface area contributed by atoms with Crippen molar-refractivity contribution in [1.29, 1.82) is 0 Å². The van der Waals surface area contributed by atoms with Crippen LogP contribution in [0, 0.1) is 0 Å². The molecule has 0 amide bonds. The second kappa shape index (κ2) is 9.16. The lowest BCUT2D eigenvalue weighted by Gasteiger charge is -2.11. The molecule has 0 radical (unpaired) electrons. The van der Waals surface area contributed by atoms with Crippen LogP contribution >= 0.6 is 11.6 Å². The molecule has 0 aliphatic rings. The summed E-state index contributed by atoms with van der Waals surface area (Å²) in [5.74, 6) is 1.71. The number of hydrogen-bond acceptors (Lipinski definition) is 3. The fraction of sp³-hybridized carbons (Fsp3) is 0.182. The van der Waals surface area contributed by atoms with Crippen LogP contribution in [0.3, 0.4) is 0 Å². The van der Waals surface area contributed by atoms with E-state index >= 15 is 0 Å². The van der Waals surface area contributed by atoms with Gasteiger partial charge in [0.25, 0.3) is 0 Å². The SMILES string of the molecule is CCOc1ccc(NCc2cccc(OCc3ccccc3Cl)c2)cc1. The smallest absolute Gasteiger partial charge is 0.120 e. The van der Waals surface area contributed by atoms with E-state index in [4.69, 9.17) is 21.1 Å². The molecule has 0 aliphatic carbocycles. The van der Waals surface area contributed by atoms with Crippen LogP contribution in [-0.2, 0) is 13.2 Å². The van der Waals surface area contributed by atoms with Crippen LogP contribution in [-0.4, -0.2) is 6.61 Å². The van der Waals surface area contributed by atoms with Crippen LogP contribution in [0.2, 0.25) is 5.02 Å². The van der Waals surface area contributed by atoms with Gasteiger partial charge in [-0.3, -0.25) is 0 Å². The average Bonchev–Trinajstić information content (AvgIpc) is 2.67. The number of ether oxygens (including phenoxy) is 2. The summed E-state index contributed by atoms with van der Waals surface area (Å²) < 4.78 is 11.3. The van der Waals surface area contributed by atoms with Crippen molar-refractivity contribution in [3.8, 4) is 11.5 Å². The van der Waals surface area contributed by atoms with Crippen LogP contribution in [0.1, 0.15) is 18.1 Å². The van der Waals surface area contributed by atoms with E-state index in [0.29, 0.717) is 13.2 Å². The van der Waals surface area contributed by atoms with Gasteiger partial charge in [-0.05, 0) is 55.0 Å². The lowest BCUT2D eigenvalue weighted by molar-refractivity contribution is 0.306. The van der Waals surface area contributed by atoms with Crippen LogP contribution in [0.25, 0.3) is 0 Å². The molecular formula is C22H22ClNO2. The van der Waals surface area contributed by atoms with E-state index in [1.54, 1.807) is 0 Å². The first-order valence-electron chi connectivity index (χ1n) is 8.66. The van der Waals surface area contributed by atoms with Gasteiger partial charge in [0.05, 0.1) is 6.61 Å². The van der Waals surface area contributed by atoms with Crippen molar-refractivity contribution in [2.24, 2.45) is 0 Å². The number of halogens is 1. The van der Waals surface area contributed by atoms with Crippen LogP contribution in [0.4, 0.5) is 5.69 Å². The number of benzene rings is 3. The first-order valence-corrected chi connectivity index (χ1v) is 9.04. The van der Waals surface area contributed by atoms with Crippen molar-refractivity contribution < 1.29 is 9.47 Å². The normalized spacial score (nSPS) is 10.4. The third-order valence-corrected chi connectivity index (χ3v) is 4.28.